The Kier molecular flexibility index (Phi) is 7.69. The zero-order valence-electron chi connectivity index (χ0n) is 18.3. The predicted molar refractivity (Wildman–Crippen MR) is 124 cm³/mol. The van der Waals surface area contributed by atoms with Crippen LogP contribution in [0.5, 0.6) is 0 Å². The van der Waals surface area contributed by atoms with E-state index in [0.29, 0.717) is 12.6 Å². The molecule has 1 aliphatic heterocycles. The molecule has 3 rings (SSSR count). The summed E-state index contributed by atoms with van der Waals surface area (Å²) in [5.41, 5.74) is 12.1. The summed E-state index contributed by atoms with van der Waals surface area (Å²) in [6, 6.07) is 15.3. The molecule has 0 spiro atoms. The van der Waals surface area contributed by atoms with Gasteiger partial charge in [-0.25, -0.2) is 0 Å². The highest BCUT2D eigenvalue weighted by Gasteiger charge is 2.35. The van der Waals surface area contributed by atoms with Gasteiger partial charge in [0.05, 0.1) is 6.04 Å². The van der Waals surface area contributed by atoms with Crippen molar-refractivity contribution in [1.29, 1.82) is 0 Å². The highest BCUT2D eigenvalue weighted by Crippen LogP contribution is 2.22. The van der Waals surface area contributed by atoms with E-state index in [0.717, 1.165) is 45.3 Å². The van der Waals surface area contributed by atoms with Gasteiger partial charge in [-0.1, -0.05) is 49.4 Å². The summed E-state index contributed by atoms with van der Waals surface area (Å²) < 4.78 is 0. The molecule has 6 nitrogen and oxygen atoms in total. The van der Waals surface area contributed by atoms with Crippen molar-refractivity contribution in [2.24, 2.45) is 16.5 Å². The van der Waals surface area contributed by atoms with Gasteiger partial charge >= 0.3 is 0 Å². The minimum absolute atomic E-state index is 0.0838. The van der Waals surface area contributed by atoms with Crippen molar-refractivity contribution in [2.75, 3.05) is 26.2 Å². The SMILES string of the molecule is CCC(C)N1CCN(CCc2ccc3ccccc3c2)C(=O)[C@@H]1CCCN=C(N)N. The largest absolute Gasteiger partial charge is 0.370 e. The highest BCUT2D eigenvalue weighted by molar-refractivity contribution is 5.84. The molecule has 2 aromatic rings. The molecule has 1 aliphatic rings. The summed E-state index contributed by atoms with van der Waals surface area (Å²) in [6.07, 6.45) is 3.50. The summed E-state index contributed by atoms with van der Waals surface area (Å²) in [5, 5.41) is 2.50. The van der Waals surface area contributed by atoms with Crippen molar-refractivity contribution in [3.8, 4) is 0 Å². The first-order valence-electron chi connectivity index (χ1n) is 11.1. The Labute approximate surface area is 179 Å². The van der Waals surface area contributed by atoms with Gasteiger partial charge in [0.15, 0.2) is 5.96 Å². The number of nitrogens with zero attached hydrogens (tertiary/aromatic N) is 3. The van der Waals surface area contributed by atoms with Crippen LogP contribution in [0.2, 0.25) is 0 Å². The van der Waals surface area contributed by atoms with Crippen molar-refractivity contribution >= 4 is 22.6 Å². The number of hydrogen-bond donors (Lipinski definition) is 2. The summed E-state index contributed by atoms with van der Waals surface area (Å²) in [5.74, 6) is 0.354. The molecule has 1 saturated heterocycles. The van der Waals surface area contributed by atoms with Gasteiger partial charge in [0, 0.05) is 32.2 Å². The van der Waals surface area contributed by atoms with Crippen molar-refractivity contribution in [3.63, 3.8) is 0 Å². The second kappa shape index (κ2) is 10.4. The fourth-order valence-corrected chi connectivity index (χ4v) is 4.28. The molecule has 2 atom stereocenters. The molecule has 0 saturated carbocycles. The van der Waals surface area contributed by atoms with Crippen LogP contribution >= 0.6 is 0 Å². The minimum atomic E-state index is -0.0838. The Hall–Kier alpha value is -2.60. The number of carbonyl (C=O) groups is 1. The van der Waals surface area contributed by atoms with Crippen LogP contribution in [-0.2, 0) is 11.2 Å². The van der Waals surface area contributed by atoms with Gasteiger partial charge in [-0.15, -0.1) is 0 Å². The van der Waals surface area contributed by atoms with E-state index in [1.54, 1.807) is 0 Å². The molecule has 6 heteroatoms. The molecule has 162 valence electrons. The van der Waals surface area contributed by atoms with Gasteiger partial charge in [-0.05, 0) is 48.9 Å². The second-order valence-corrected chi connectivity index (χ2v) is 8.22. The summed E-state index contributed by atoms with van der Waals surface area (Å²) >= 11 is 0. The average Bonchev–Trinajstić information content (AvgIpc) is 2.75. The van der Waals surface area contributed by atoms with Crippen LogP contribution in [-0.4, -0.2) is 59.9 Å². The van der Waals surface area contributed by atoms with Crippen molar-refractivity contribution < 1.29 is 4.79 Å². The first-order chi connectivity index (χ1) is 14.5. The van der Waals surface area contributed by atoms with E-state index in [2.05, 4.69) is 66.2 Å². The Morgan fingerprint density at radius 1 is 1.17 bits per heavy atom. The first kappa shape index (κ1) is 22.1. The van der Waals surface area contributed by atoms with Gasteiger partial charge in [0.25, 0.3) is 0 Å². The molecule has 0 radical (unpaired) electrons. The van der Waals surface area contributed by atoms with E-state index < -0.39 is 0 Å². The van der Waals surface area contributed by atoms with Crippen LogP contribution in [0, 0.1) is 0 Å². The molecule has 0 bridgehead atoms. The summed E-state index contributed by atoms with van der Waals surface area (Å²) in [4.78, 5) is 21.8. The number of aliphatic imine (C=N–C) groups is 1. The quantitative estimate of drug-likeness (QED) is 0.379. The number of hydrogen-bond acceptors (Lipinski definition) is 3. The lowest BCUT2D eigenvalue weighted by molar-refractivity contribution is -0.143. The normalized spacial score (nSPS) is 18.5. The number of benzene rings is 2. The van der Waals surface area contributed by atoms with Crippen molar-refractivity contribution in [1.82, 2.24) is 9.80 Å². The first-order valence-corrected chi connectivity index (χ1v) is 11.1. The Morgan fingerprint density at radius 2 is 1.93 bits per heavy atom. The Balaban J connectivity index is 1.64. The molecule has 0 aliphatic carbocycles. The van der Waals surface area contributed by atoms with Crippen LogP contribution in [0.15, 0.2) is 47.5 Å². The van der Waals surface area contributed by atoms with Gasteiger partial charge in [-0.3, -0.25) is 14.7 Å². The molecule has 4 N–H and O–H groups in total. The third-order valence-electron chi connectivity index (χ3n) is 6.20. The average molecular weight is 410 g/mol. The minimum Gasteiger partial charge on any atom is -0.370 e. The lowest BCUT2D eigenvalue weighted by Crippen LogP contribution is -2.59. The maximum Gasteiger partial charge on any atom is 0.239 e. The molecule has 30 heavy (non-hydrogen) atoms. The Morgan fingerprint density at radius 3 is 2.67 bits per heavy atom. The monoisotopic (exact) mass is 409 g/mol. The zero-order chi connectivity index (χ0) is 21.5. The maximum atomic E-state index is 13.3. The molecule has 1 heterocycles. The standard InChI is InChI=1S/C24H35N5O/c1-3-18(2)29-16-15-28(23(30)22(29)9-6-13-27-24(25)26)14-12-19-10-11-20-7-4-5-8-21(20)17-19/h4-5,7-8,10-11,17-18,22H,3,6,9,12-16H2,1-2H3,(H4,25,26,27)/t18?,22-/m0/s1. The van der Waals surface area contributed by atoms with Gasteiger partial charge < -0.3 is 16.4 Å². The number of rotatable bonds is 9. The van der Waals surface area contributed by atoms with Gasteiger partial charge in [-0.2, -0.15) is 0 Å². The van der Waals surface area contributed by atoms with Crippen LogP contribution in [0.25, 0.3) is 10.8 Å². The van der Waals surface area contributed by atoms with E-state index in [-0.39, 0.29) is 17.9 Å². The zero-order valence-corrected chi connectivity index (χ0v) is 18.3. The number of amides is 1. The molecule has 1 unspecified atom stereocenters. The number of guanidine groups is 1. The fourth-order valence-electron chi connectivity index (χ4n) is 4.28. The summed E-state index contributed by atoms with van der Waals surface area (Å²) in [6.45, 7) is 7.43. The van der Waals surface area contributed by atoms with Crippen molar-refractivity contribution in [2.45, 2.75) is 51.6 Å². The molecular weight excluding hydrogens is 374 g/mol. The van der Waals surface area contributed by atoms with Crippen LogP contribution < -0.4 is 11.5 Å². The second-order valence-electron chi connectivity index (χ2n) is 8.22. The van der Waals surface area contributed by atoms with E-state index in [1.807, 2.05) is 4.90 Å². The predicted octanol–water partition coefficient (Wildman–Crippen LogP) is 2.75. The van der Waals surface area contributed by atoms with E-state index in [4.69, 9.17) is 11.5 Å². The summed E-state index contributed by atoms with van der Waals surface area (Å²) in [7, 11) is 0. The number of nitrogens with two attached hydrogens (primary N) is 2. The lowest BCUT2D eigenvalue weighted by atomic mass is 10.0. The number of fused-ring (bicyclic) bond motifs is 1. The fraction of sp³-hybridized carbons (Fsp3) is 0.500. The molecule has 1 fully saturated rings. The van der Waals surface area contributed by atoms with E-state index in [1.165, 1.54) is 16.3 Å². The maximum absolute atomic E-state index is 13.3. The molecule has 0 aromatic heterocycles. The third kappa shape index (κ3) is 5.51. The lowest BCUT2D eigenvalue weighted by Gasteiger charge is -2.43. The van der Waals surface area contributed by atoms with Gasteiger partial charge in [0.2, 0.25) is 5.91 Å². The number of piperazine rings is 1. The van der Waals surface area contributed by atoms with E-state index in [9.17, 15) is 4.79 Å². The van der Waals surface area contributed by atoms with Crippen LogP contribution in [0.3, 0.4) is 0 Å². The Bertz CT molecular complexity index is 877. The molecule has 2 aromatic carbocycles. The van der Waals surface area contributed by atoms with Crippen molar-refractivity contribution in [3.05, 3.63) is 48.0 Å². The smallest absolute Gasteiger partial charge is 0.239 e. The van der Waals surface area contributed by atoms with Gasteiger partial charge in [0.1, 0.15) is 0 Å². The molecular formula is C24H35N5O. The van der Waals surface area contributed by atoms with Crippen LogP contribution in [0.1, 0.15) is 38.7 Å². The third-order valence-corrected chi connectivity index (χ3v) is 6.20. The van der Waals surface area contributed by atoms with Crippen LogP contribution in [0.4, 0.5) is 0 Å². The number of carbonyl (C=O) groups excluding carboxylic acids is 1. The highest BCUT2D eigenvalue weighted by atomic mass is 16.2. The molecule has 1 amide bonds. The topological polar surface area (TPSA) is 87.9 Å². The van der Waals surface area contributed by atoms with E-state index >= 15 is 0 Å².